The van der Waals surface area contributed by atoms with E-state index in [9.17, 15) is 24.3 Å². The number of fused-ring (bicyclic) bond motifs is 2. The molecule has 4 saturated heterocycles. The highest BCUT2D eigenvalue weighted by molar-refractivity contribution is 6.06. The van der Waals surface area contributed by atoms with E-state index >= 15 is 0 Å². The Morgan fingerprint density at radius 2 is 1.78 bits per heavy atom. The van der Waals surface area contributed by atoms with Crippen molar-refractivity contribution in [2.45, 2.75) is 127 Å². The van der Waals surface area contributed by atoms with E-state index in [2.05, 4.69) is 55.8 Å². The first-order valence-corrected chi connectivity index (χ1v) is 20.7. The van der Waals surface area contributed by atoms with Crippen LogP contribution in [0.25, 0.3) is 0 Å². The summed E-state index contributed by atoms with van der Waals surface area (Å²) in [6.07, 6.45) is 9.65. The van der Waals surface area contributed by atoms with Crippen molar-refractivity contribution in [1.29, 1.82) is 0 Å². The molecule has 5 aliphatic heterocycles. The van der Waals surface area contributed by atoms with Crippen molar-refractivity contribution in [2.24, 2.45) is 5.92 Å². The molecule has 5 fully saturated rings. The first kappa shape index (κ1) is 39.1. The summed E-state index contributed by atoms with van der Waals surface area (Å²) in [5.74, 6) is -0.414. The van der Waals surface area contributed by atoms with Crippen molar-refractivity contribution >= 4 is 29.3 Å². The van der Waals surface area contributed by atoms with E-state index in [1.807, 2.05) is 11.0 Å². The second kappa shape index (κ2) is 17.7. The molecule has 54 heavy (non-hydrogen) atoms. The molecule has 7 rings (SSSR count). The van der Waals surface area contributed by atoms with Crippen LogP contribution in [0.3, 0.4) is 0 Å². The van der Waals surface area contributed by atoms with Crippen LogP contribution in [0.1, 0.15) is 107 Å². The van der Waals surface area contributed by atoms with Crippen molar-refractivity contribution in [1.82, 2.24) is 46.4 Å². The number of aliphatic hydroxyl groups excluding tert-OH is 1. The van der Waals surface area contributed by atoms with Crippen molar-refractivity contribution in [3.63, 3.8) is 0 Å². The Hall–Kier alpha value is -3.18. The van der Waals surface area contributed by atoms with Gasteiger partial charge in [0, 0.05) is 80.6 Å². The topological polar surface area (TPSA) is 174 Å². The van der Waals surface area contributed by atoms with Crippen LogP contribution in [0.2, 0.25) is 0 Å². The zero-order chi connectivity index (χ0) is 37.8. The van der Waals surface area contributed by atoms with Crippen LogP contribution in [-0.2, 0) is 14.4 Å². The number of piperazine rings is 1. The minimum absolute atomic E-state index is 0.131. The summed E-state index contributed by atoms with van der Waals surface area (Å²) in [6.45, 7) is 10.9. The van der Waals surface area contributed by atoms with Crippen LogP contribution in [0.5, 0.6) is 0 Å². The van der Waals surface area contributed by atoms with E-state index in [0.717, 1.165) is 84.2 Å². The van der Waals surface area contributed by atoms with Crippen LogP contribution < -0.4 is 32.0 Å². The largest absolute Gasteiger partial charge is 0.385 e. The number of aliphatic hydroxyl groups is 1. The van der Waals surface area contributed by atoms with Crippen LogP contribution in [0.4, 0.5) is 5.69 Å². The summed E-state index contributed by atoms with van der Waals surface area (Å²) in [4.78, 5) is 56.0. The lowest BCUT2D eigenvalue weighted by Gasteiger charge is -2.45. The highest BCUT2D eigenvalue weighted by Gasteiger charge is 2.45. The van der Waals surface area contributed by atoms with Gasteiger partial charge in [-0.05, 0) is 76.0 Å². The van der Waals surface area contributed by atoms with Gasteiger partial charge in [-0.1, -0.05) is 32.8 Å². The second-order valence-corrected chi connectivity index (χ2v) is 16.2. The minimum Gasteiger partial charge on any atom is -0.385 e. The number of benzene rings is 1. The van der Waals surface area contributed by atoms with E-state index in [0.29, 0.717) is 66.3 Å². The maximum absolute atomic E-state index is 13.2. The summed E-state index contributed by atoms with van der Waals surface area (Å²) < 4.78 is 0. The number of hydrogen-bond donors (Lipinski definition) is 7. The van der Waals surface area contributed by atoms with Gasteiger partial charge < -0.3 is 20.6 Å². The summed E-state index contributed by atoms with van der Waals surface area (Å²) in [5.41, 5.74) is 5.15. The monoisotopic (exact) mass is 750 g/mol. The van der Waals surface area contributed by atoms with E-state index in [1.54, 1.807) is 12.1 Å². The number of rotatable bonds is 15. The van der Waals surface area contributed by atoms with Gasteiger partial charge in [-0.15, -0.1) is 0 Å². The van der Waals surface area contributed by atoms with Gasteiger partial charge in [0.2, 0.25) is 17.7 Å². The Balaban J connectivity index is 0.780. The van der Waals surface area contributed by atoms with Gasteiger partial charge in [0.05, 0.1) is 18.9 Å². The predicted molar refractivity (Wildman–Crippen MR) is 205 cm³/mol. The number of nitrogens with zero attached hydrogens (tertiary/aromatic N) is 4. The van der Waals surface area contributed by atoms with E-state index in [4.69, 9.17) is 0 Å². The third-order valence-electron chi connectivity index (χ3n) is 12.9. The van der Waals surface area contributed by atoms with Gasteiger partial charge in [-0.25, -0.2) is 5.01 Å². The molecule has 1 aromatic carbocycles. The number of hydrogen-bond acceptors (Lipinski definition) is 12. The fourth-order valence-electron chi connectivity index (χ4n) is 9.75. The maximum atomic E-state index is 13.2. The molecule has 298 valence electrons. The van der Waals surface area contributed by atoms with Gasteiger partial charge in [-0.2, -0.15) is 0 Å². The molecule has 7 N–H and O–H groups in total. The first-order chi connectivity index (χ1) is 26.2. The van der Waals surface area contributed by atoms with Crippen LogP contribution in [-0.4, -0.2) is 137 Å². The number of unbranched alkanes of at least 4 members (excludes halogenated alkanes) is 1. The SMILES string of the molecule is CCC(CC)C1CC(N[C@H]2CC[C@H](NCC(=O)N3CCN(CCCCNc4cccc5c4C(O)N(C4CCC(=O)NC4=O)C5=O)CC3)C2)N2NCCC2N1. The summed E-state index contributed by atoms with van der Waals surface area (Å²) in [7, 11) is 0. The third-order valence-corrected chi connectivity index (χ3v) is 12.9. The zero-order valence-corrected chi connectivity index (χ0v) is 32.2. The van der Waals surface area contributed by atoms with Crippen molar-refractivity contribution < 1.29 is 24.3 Å². The maximum Gasteiger partial charge on any atom is 0.257 e. The van der Waals surface area contributed by atoms with Gasteiger partial charge in [0.1, 0.15) is 6.04 Å². The lowest BCUT2D eigenvalue weighted by Crippen LogP contribution is -2.66. The van der Waals surface area contributed by atoms with Crippen LogP contribution in [0, 0.1) is 5.92 Å². The number of carbonyl (C=O) groups is 4. The Morgan fingerprint density at radius 3 is 2.56 bits per heavy atom. The van der Waals surface area contributed by atoms with E-state index < -0.39 is 24.1 Å². The molecule has 0 bridgehead atoms. The number of piperidine rings is 1. The van der Waals surface area contributed by atoms with Crippen LogP contribution >= 0.6 is 0 Å². The summed E-state index contributed by atoms with van der Waals surface area (Å²) in [5, 5.41) is 30.7. The van der Waals surface area contributed by atoms with Gasteiger partial charge in [0.15, 0.2) is 6.23 Å². The average molecular weight is 751 g/mol. The highest BCUT2D eigenvalue weighted by atomic mass is 16.3. The molecule has 0 spiro atoms. The highest BCUT2D eigenvalue weighted by Crippen LogP contribution is 2.39. The molecule has 6 aliphatic rings. The van der Waals surface area contributed by atoms with E-state index in [-0.39, 0.29) is 24.7 Å². The number of anilines is 1. The molecule has 1 saturated carbocycles. The molecule has 15 nitrogen and oxygen atoms in total. The number of nitrogens with one attached hydrogen (secondary N) is 6. The fourth-order valence-corrected chi connectivity index (χ4v) is 9.75. The minimum atomic E-state index is -1.26. The lowest BCUT2D eigenvalue weighted by molar-refractivity contribution is -0.139. The van der Waals surface area contributed by atoms with Gasteiger partial charge in [-0.3, -0.25) is 50.4 Å². The predicted octanol–water partition coefficient (Wildman–Crippen LogP) is 1.04. The Morgan fingerprint density at radius 1 is 0.981 bits per heavy atom. The van der Waals surface area contributed by atoms with Crippen LogP contribution in [0.15, 0.2) is 18.2 Å². The molecule has 1 aromatic rings. The third kappa shape index (κ3) is 8.62. The van der Waals surface area contributed by atoms with Crippen molar-refractivity contribution in [2.75, 3.05) is 57.7 Å². The first-order valence-electron chi connectivity index (χ1n) is 20.7. The number of imide groups is 1. The smallest absolute Gasteiger partial charge is 0.257 e. The summed E-state index contributed by atoms with van der Waals surface area (Å²) in [6, 6.07) is 5.79. The van der Waals surface area contributed by atoms with Gasteiger partial charge in [0.25, 0.3) is 5.91 Å². The Bertz CT molecular complexity index is 1500. The molecule has 7 atom stereocenters. The van der Waals surface area contributed by atoms with Gasteiger partial charge >= 0.3 is 0 Å². The second-order valence-electron chi connectivity index (χ2n) is 16.2. The molecule has 15 heteroatoms. The lowest BCUT2D eigenvalue weighted by atomic mass is 9.89. The molecule has 4 amide bonds. The number of hydrazine groups is 1. The molecule has 0 aromatic heterocycles. The Kier molecular flexibility index (Phi) is 12.8. The molecule has 1 aliphatic carbocycles. The zero-order valence-electron chi connectivity index (χ0n) is 32.2. The molecule has 5 unspecified atom stereocenters. The summed E-state index contributed by atoms with van der Waals surface area (Å²) >= 11 is 0. The normalized spacial score (nSPS) is 30.6. The van der Waals surface area contributed by atoms with Crippen molar-refractivity contribution in [3.8, 4) is 0 Å². The average Bonchev–Trinajstić information content (AvgIpc) is 3.90. The fraction of sp³-hybridized carbons (Fsp3) is 0.744. The van der Waals surface area contributed by atoms with Crippen molar-refractivity contribution in [3.05, 3.63) is 29.3 Å². The molecular formula is C39H62N10O5. The Labute approximate surface area is 319 Å². The number of amides is 4. The molecule has 0 radical (unpaired) electrons. The standard InChI is InChI=1S/C39H62N10O5/c1-3-25(4-2)30-23-33(49-32(44-30)14-16-42-49)43-27-11-10-26(22-27)41-24-35(51)47-20-18-46(19-21-47)17-6-5-15-40-29-9-7-8-28-36(29)39(54)48(38(28)53)31-12-13-34(50)45-37(31)52/h7-9,25-27,30-33,39-44,54H,3-6,10-24H2,1-2H3,(H,45,50,52)/t26-,27-,30?,31?,32?,33?,39?/m0/s1. The quantitative estimate of drug-likeness (QED) is 0.101. The number of carbonyl (C=O) groups excluding carboxylic acids is 4. The molecular weight excluding hydrogens is 688 g/mol. The molecule has 5 heterocycles. The van der Waals surface area contributed by atoms with E-state index in [1.165, 1.54) is 17.7 Å².